The molecule has 0 saturated carbocycles. The van der Waals surface area contributed by atoms with E-state index in [9.17, 15) is 0 Å². The summed E-state index contributed by atoms with van der Waals surface area (Å²) in [7, 11) is 1.73. The predicted octanol–water partition coefficient (Wildman–Crippen LogP) is 3.98. The molecule has 14 heavy (non-hydrogen) atoms. The average Bonchev–Trinajstić information content (AvgIpc) is 2.22. The number of benzene rings is 1. The summed E-state index contributed by atoms with van der Waals surface area (Å²) < 4.78 is 5.12. The van der Waals surface area contributed by atoms with Gasteiger partial charge >= 0.3 is 0 Å². The van der Waals surface area contributed by atoms with E-state index in [4.69, 9.17) is 4.74 Å². The highest BCUT2D eigenvalue weighted by Gasteiger charge is 2.03. The zero-order chi connectivity index (χ0) is 11.0. The molecule has 0 fully saturated rings. The van der Waals surface area contributed by atoms with Gasteiger partial charge in [0.2, 0.25) is 0 Å². The van der Waals surface area contributed by atoms with Crippen molar-refractivity contribution >= 4 is 0 Å². The molecule has 0 atom stereocenters. The summed E-state index contributed by atoms with van der Waals surface area (Å²) in [6.45, 7) is 9.12. The van der Waals surface area contributed by atoms with Gasteiger partial charge in [0, 0.05) is 7.11 Å². The molecule has 0 bridgehead atoms. The second kappa shape index (κ2) is 7.57. The molecule has 0 N–H and O–H groups in total. The van der Waals surface area contributed by atoms with Crippen LogP contribution in [0.1, 0.15) is 44.7 Å². The van der Waals surface area contributed by atoms with E-state index >= 15 is 0 Å². The van der Waals surface area contributed by atoms with Crippen LogP contribution in [0.2, 0.25) is 0 Å². The minimum Gasteiger partial charge on any atom is -0.380 e. The molecule has 0 aliphatic carbocycles. The fourth-order valence-electron chi connectivity index (χ4n) is 1.38. The molecule has 0 spiro atoms. The first-order valence-electron chi connectivity index (χ1n) is 5.32. The lowest BCUT2D eigenvalue weighted by atomic mass is 9.98. The highest BCUT2D eigenvalue weighted by atomic mass is 16.5. The maximum Gasteiger partial charge on any atom is 0.0715 e. The van der Waals surface area contributed by atoms with Gasteiger partial charge < -0.3 is 4.74 Å². The second-order valence-corrected chi connectivity index (χ2v) is 3.29. The van der Waals surface area contributed by atoms with Gasteiger partial charge in [-0.3, -0.25) is 0 Å². The molecule has 1 aromatic carbocycles. The fraction of sp³-hybridized carbons (Fsp3) is 0.538. The van der Waals surface area contributed by atoms with Crippen LogP contribution in [0.4, 0.5) is 0 Å². The van der Waals surface area contributed by atoms with E-state index in [-0.39, 0.29) is 0 Å². The first-order chi connectivity index (χ1) is 6.75. The van der Waals surface area contributed by atoms with Crippen LogP contribution < -0.4 is 0 Å². The van der Waals surface area contributed by atoms with Gasteiger partial charge in [-0.25, -0.2) is 0 Å². The normalized spacial score (nSPS) is 9.57. The van der Waals surface area contributed by atoms with Crippen LogP contribution in [-0.2, 0) is 11.3 Å². The third-order valence-electron chi connectivity index (χ3n) is 1.98. The summed E-state index contributed by atoms with van der Waals surface area (Å²) in [5.41, 5.74) is 2.69. The summed E-state index contributed by atoms with van der Waals surface area (Å²) in [4.78, 5) is 0. The van der Waals surface area contributed by atoms with Crippen molar-refractivity contribution in [2.75, 3.05) is 7.11 Å². The van der Waals surface area contributed by atoms with Crippen molar-refractivity contribution in [2.24, 2.45) is 0 Å². The van der Waals surface area contributed by atoms with Gasteiger partial charge in [-0.15, -0.1) is 0 Å². The largest absolute Gasteiger partial charge is 0.380 e. The number of methoxy groups -OCH3 is 1. The van der Waals surface area contributed by atoms with Gasteiger partial charge in [0.25, 0.3) is 0 Å². The Morgan fingerprint density at radius 1 is 1.14 bits per heavy atom. The molecule has 1 heteroatoms. The lowest BCUT2D eigenvalue weighted by Crippen LogP contribution is -1.96. The molecule has 0 aliphatic heterocycles. The van der Waals surface area contributed by atoms with Crippen molar-refractivity contribution < 1.29 is 4.74 Å². The Balaban J connectivity index is 0.000000791. The van der Waals surface area contributed by atoms with Gasteiger partial charge in [0.1, 0.15) is 0 Å². The monoisotopic (exact) mass is 194 g/mol. The van der Waals surface area contributed by atoms with Crippen LogP contribution in [0.5, 0.6) is 0 Å². The molecule has 1 nitrogen and oxygen atoms in total. The molecular weight excluding hydrogens is 172 g/mol. The summed E-state index contributed by atoms with van der Waals surface area (Å²) in [5.74, 6) is 0.580. The second-order valence-electron chi connectivity index (χ2n) is 3.29. The molecule has 1 aromatic rings. The van der Waals surface area contributed by atoms with Crippen molar-refractivity contribution in [1.29, 1.82) is 0 Å². The van der Waals surface area contributed by atoms with Gasteiger partial charge in [-0.2, -0.15) is 0 Å². The highest BCUT2D eigenvalue weighted by molar-refractivity contribution is 5.28. The van der Waals surface area contributed by atoms with Crippen LogP contribution in [0.3, 0.4) is 0 Å². The third kappa shape index (κ3) is 3.93. The van der Waals surface area contributed by atoms with E-state index in [1.54, 1.807) is 7.11 Å². The Morgan fingerprint density at radius 2 is 1.71 bits per heavy atom. The van der Waals surface area contributed by atoms with E-state index in [1.807, 2.05) is 13.8 Å². The lowest BCUT2D eigenvalue weighted by Gasteiger charge is -2.11. The Hall–Kier alpha value is -0.820. The third-order valence-corrected chi connectivity index (χ3v) is 1.98. The molecule has 0 saturated heterocycles. The molecule has 1 rings (SSSR count). The molecule has 0 radical (unpaired) electrons. The Labute approximate surface area is 88.1 Å². The minimum atomic E-state index is 0.580. The van der Waals surface area contributed by atoms with Crippen LogP contribution >= 0.6 is 0 Å². The van der Waals surface area contributed by atoms with Gasteiger partial charge in [-0.1, -0.05) is 52.0 Å². The summed E-state index contributed by atoms with van der Waals surface area (Å²) >= 11 is 0. The molecule has 0 aliphatic rings. The van der Waals surface area contributed by atoms with Gasteiger partial charge in [0.05, 0.1) is 6.61 Å². The number of ether oxygens (including phenoxy) is 1. The lowest BCUT2D eigenvalue weighted by molar-refractivity contribution is 0.184. The van der Waals surface area contributed by atoms with Crippen molar-refractivity contribution in [3.8, 4) is 0 Å². The summed E-state index contributed by atoms with van der Waals surface area (Å²) in [5, 5.41) is 0. The summed E-state index contributed by atoms with van der Waals surface area (Å²) in [6, 6.07) is 8.42. The van der Waals surface area contributed by atoms with E-state index in [0.29, 0.717) is 12.5 Å². The van der Waals surface area contributed by atoms with Crippen LogP contribution in [0.25, 0.3) is 0 Å². The van der Waals surface area contributed by atoms with E-state index < -0.39 is 0 Å². The van der Waals surface area contributed by atoms with Crippen molar-refractivity contribution in [1.82, 2.24) is 0 Å². The average molecular weight is 194 g/mol. The van der Waals surface area contributed by atoms with Crippen molar-refractivity contribution in [3.63, 3.8) is 0 Å². The number of hydrogen-bond donors (Lipinski definition) is 0. The highest BCUT2D eigenvalue weighted by Crippen LogP contribution is 2.19. The Morgan fingerprint density at radius 3 is 2.21 bits per heavy atom. The first-order valence-corrected chi connectivity index (χ1v) is 5.32. The van der Waals surface area contributed by atoms with E-state index in [0.717, 1.165) is 0 Å². The van der Waals surface area contributed by atoms with Crippen molar-refractivity contribution in [3.05, 3.63) is 35.4 Å². The summed E-state index contributed by atoms with van der Waals surface area (Å²) in [6.07, 6.45) is 0. The molecule has 0 heterocycles. The SMILES string of the molecule is CC.COCc1ccccc1C(C)C. The van der Waals surface area contributed by atoms with Gasteiger partial charge in [0.15, 0.2) is 0 Å². The van der Waals surface area contributed by atoms with Crippen molar-refractivity contribution in [2.45, 2.75) is 40.2 Å². The van der Waals surface area contributed by atoms with Crippen LogP contribution in [0, 0.1) is 0 Å². The quantitative estimate of drug-likeness (QED) is 0.707. The molecule has 0 aromatic heterocycles. The standard InChI is InChI=1S/C11H16O.C2H6/c1-9(2)11-7-5-4-6-10(11)8-12-3;1-2/h4-7,9H,8H2,1-3H3;1-2H3. The first kappa shape index (κ1) is 13.2. The zero-order valence-electron chi connectivity index (χ0n) is 10.0. The molecular formula is C13H22O. The van der Waals surface area contributed by atoms with Crippen LogP contribution in [-0.4, -0.2) is 7.11 Å². The molecule has 80 valence electrons. The Kier molecular flexibility index (Phi) is 7.13. The fourth-order valence-corrected chi connectivity index (χ4v) is 1.38. The van der Waals surface area contributed by atoms with Gasteiger partial charge in [-0.05, 0) is 17.0 Å². The maximum atomic E-state index is 5.12. The molecule has 0 amide bonds. The van der Waals surface area contributed by atoms with E-state index in [1.165, 1.54) is 11.1 Å². The number of rotatable bonds is 3. The van der Waals surface area contributed by atoms with Crippen LogP contribution in [0.15, 0.2) is 24.3 Å². The topological polar surface area (TPSA) is 9.23 Å². The number of hydrogen-bond acceptors (Lipinski definition) is 1. The minimum absolute atomic E-state index is 0.580. The molecule has 0 unspecified atom stereocenters. The maximum absolute atomic E-state index is 5.12. The predicted molar refractivity (Wildman–Crippen MR) is 62.6 cm³/mol. The Bertz CT molecular complexity index is 241. The zero-order valence-corrected chi connectivity index (χ0v) is 10.0. The smallest absolute Gasteiger partial charge is 0.0715 e. The van der Waals surface area contributed by atoms with E-state index in [2.05, 4.69) is 38.1 Å².